The first-order valence-corrected chi connectivity index (χ1v) is 3.46. The topological polar surface area (TPSA) is 38.3 Å². The number of amides is 1. The van der Waals surface area contributed by atoms with Crippen molar-refractivity contribution >= 4 is 5.91 Å². The van der Waals surface area contributed by atoms with Gasteiger partial charge in [-0.25, -0.2) is 0 Å². The maximum Gasteiger partial charge on any atom is 0.228 e. The molecule has 1 heterocycles. The molecule has 0 aromatic rings. The molecule has 1 unspecified atom stereocenters. The number of carbonyl (C=O) groups is 1. The molecule has 1 aliphatic rings. The highest BCUT2D eigenvalue weighted by molar-refractivity contribution is 5.84. The highest BCUT2D eigenvalue weighted by atomic mass is 16.5. The molecule has 1 amide bonds. The Kier molecular flexibility index (Phi) is 1.94. The number of hydrogen-bond donors (Lipinski definition) is 1. The van der Waals surface area contributed by atoms with E-state index in [2.05, 4.69) is 5.32 Å². The molecule has 3 nitrogen and oxygen atoms in total. The summed E-state index contributed by atoms with van der Waals surface area (Å²) in [5.41, 5.74) is -0.269. The van der Waals surface area contributed by atoms with Crippen LogP contribution in [-0.4, -0.2) is 26.2 Å². The zero-order chi connectivity index (χ0) is 7.61. The molecular weight excluding hydrogens is 130 g/mol. The Hall–Kier alpha value is -0.570. The van der Waals surface area contributed by atoms with Crippen LogP contribution in [0.15, 0.2) is 0 Å². The van der Waals surface area contributed by atoms with Crippen molar-refractivity contribution in [2.45, 2.75) is 13.3 Å². The second-order valence-electron chi connectivity index (χ2n) is 3.00. The van der Waals surface area contributed by atoms with Crippen molar-refractivity contribution in [3.8, 4) is 0 Å². The quantitative estimate of drug-likeness (QED) is 0.598. The molecule has 1 aliphatic heterocycles. The number of carbonyl (C=O) groups excluding carboxylic acids is 1. The van der Waals surface area contributed by atoms with Crippen LogP contribution in [0, 0.1) is 5.41 Å². The van der Waals surface area contributed by atoms with Gasteiger partial charge in [-0.2, -0.15) is 0 Å². The third kappa shape index (κ3) is 1.14. The van der Waals surface area contributed by atoms with Gasteiger partial charge in [0.15, 0.2) is 0 Å². The predicted octanol–water partition coefficient (Wildman–Crippen LogP) is 0.159. The summed E-state index contributed by atoms with van der Waals surface area (Å²) in [4.78, 5) is 11.1. The zero-order valence-corrected chi connectivity index (χ0v) is 6.44. The van der Waals surface area contributed by atoms with Gasteiger partial charge >= 0.3 is 0 Å². The fourth-order valence-corrected chi connectivity index (χ4v) is 1.24. The normalized spacial score (nSPS) is 32.4. The Morgan fingerprint density at radius 1 is 1.80 bits per heavy atom. The van der Waals surface area contributed by atoms with Crippen LogP contribution >= 0.6 is 0 Å². The van der Waals surface area contributed by atoms with Crippen LogP contribution in [0.2, 0.25) is 0 Å². The van der Waals surface area contributed by atoms with Crippen LogP contribution in [0.4, 0.5) is 0 Å². The summed E-state index contributed by atoms with van der Waals surface area (Å²) in [5, 5.41) is 2.78. The average molecular weight is 143 g/mol. The summed E-state index contributed by atoms with van der Waals surface area (Å²) in [6, 6.07) is 0. The molecule has 1 saturated heterocycles. The minimum absolute atomic E-state index is 0.120. The first-order chi connectivity index (χ1) is 4.69. The van der Waals surface area contributed by atoms with E-state index < -0.39 is 0 Å². The van der Waals surface area contributed by atoms with E-state index in [0.29, 0.717) is 6.61 Å². The van der Waals surface area contributed by atoms with Gasteiger partial charge in [-0.3, -0.25) is 4.79 Å². The van der Waals surface area contributed by atoms with Crippen LogP contribution in [0.1, 0.15) is 13.3 Å². The van der Waals surface area contributed by atoms with E-state index in [-0.39, 0.29) is 11.3 Å². The van der Waals surface area contributed by atoms with Gasteiger partial charge in [0.1, 0.15) is 0 Å². The van der Waals surface area contributed by atoms with Crippen molar-refractivity contribution in [2.75, 3.05) is 20.3 Å². The molecule has 3 heteroatoms. The van der Waals surface area contributed by atoms with Gasteiger partial charge in [-0.05, 0) is 13.3 Å². The predicted molar refractivity (Wildman–Crippen MR) is 37.6 cm³/mol. The lowest BCUT2D eigenvalue weighted by molar-refractivity contribution is -0.129. The van der Waals surface area contributed by atoms with Gasteiger partial charge in [0.05, 0.1) is 12.0 Å². The smallest absolute Gasteiger partial charge is 0.228 e. The van der Waals surface area contributed by atoms with Crippen LogP contribution in [0.25, 0.3) is 0 Å². The Bertz CT molecular complexity index is 147. The number of methoxy groups -OCH3 is 1. The van der Waals surface area contributed by atoms with E-state index in [1.165, 1.54) is 0 Å². The monoisotopic (exact) mass is 143 g/mol. The van der Waals surface area contributed by atoms with Gasteiger partial charge in [-0.1, -0.05) is 0 Å². The van der Waals surface area contributed by atoms with Gasteiger partial charge in [0.25, 0.3) is 0 Å². The Morgan fingerprint density at radius 2 is 2.50 bits per heavy atom. The van der Waals surface area contributed by atoms with Gasteiger partial charge in [0, 0.05) is 13.7 Å². The van der Waals surface area contributed by atoms with E-state index >= 15 is 0 Å². The lowest BCUT2D eigenvalue weighted by atomic mass is 9.90. The molecule has 1 N–H and O–H groups in total. The van der Waals surface area contributed by atoms with E-state index in [1.54, 1.807) is 7.11 Å². The molecule has 0 saturated carbocycles. The molecule has 0 aromatic heterocycles. The van der Waals surface area contributed by atoms with Crippen LogP contribution < -0.4 is 5.32 Å². The van der Waals surface area contributed by atoms with Crippen molar-refractivity contribution in [2.24, 2.45) is 5.41 Å². The maximum absolute atomic E-state index is 11.1. The molecule has 10 heavy (non-hydrogen) atoms. The number of rotatable bonds is 2. The average Bonchev–Trinajstić information content (AvgIpc) is 2.15. The lowest BCUT2D eigenvalue weighted by Crippen LogP contribution is -2.32. The fourth-order valence-electron chi connectivity index (χ4n) is 1.24. The van der Waals surface area contributed by atoms with Gasteiger partial charge in [-0.15, -0.1) is 0 Å². The maximum atomic E-state index is 11.1. The molecule has 1 rings (SSSR count). The van der Waals surface area contributed by atoms with Crippen molar-refractivity contribution in [1.82, 2.24) is 5.32 Å². The van der Waals surface area contributed by atoms with Crippen LogP contribution in [0.3, 0.4) is 0 Å². The van der Waals surface area contributed by atoms with Gasteiger partial charge in [0.2, 0.25) is 5.91 Å². The largest absolute Gasteiger partial charge is 0.384 e. The molecule has 1 atom stereocenters. The summed E-state index contributed by atoms with van der Waals surface area (Å²) in [6.45, 7) is 3.25. The summed E-state index contributed by atoms with van der Waals surface area (Å²) < 4.78 is 4.94. The third-order valence-corrected chi connectivity index (χ3v) is 1.97. The van der Waals surface area contributed by atoms with Crippen molar-refractivity contribution < 1.29 is 9.53 Å². The molecule has 0 bridgehead atoms. The van der Waals surface area contributed by atoms with Crippen LogP contribution in [-0.2, 0) is 9.53 Å². The first-order valence-electron chi connectivity index (χ1n) is 3.46. The molecule has 1 fully saturated rings. The number of hydrogen-bond acceptors (Lipinski definition) is 2. The highest BCUT2D eigenvalue weighted by Gasteiger charge is 2.37. The minimum atomic E-state index is -0.269. The second kappa shape index (κ2) is 2.58. The summed E-state index contributed by atoms with van der Waals surface area (Å²) >= 11 is 0. The summed E-state index contributed by atoms with van der Waals surface area (Å²) in [7, 11) is 1.62. The molecule has 0 aliphatic carbocycles. The number of nitrogens with one attached hydrogen (secondary N) is 1. The van der Waals surface area contributed by atoms with Crippen LogP contribution in [0.5, 0.6) is 0 Å². The van der Waals surface area contributed by atoms with Crippen molar-refractivity contribution in [3.63, 3.8) is 0 Å². The SMILES string of the molecule is COCC1(C)CCNC1=O. The highest BCUT2D eigenvalue weighted by Crippen LogP contribution is 2.25. The third-order valence-electron chi connectivity index (χ3n) is 1.97. The molecule has 58 valence electrons. The summed E-state index contributed by atoms with van der Waals surface area (Å²) in [6.07, 6.45) is 0.889. The molecular formula is C7H13NO2. The molecule has 0 spiro atoms. The summed E-state index contributed by atoms with van der Waals surface area (Å²) in [5.74, 6) is 0.120. The Balaban J connectivity index is 2.57. The minimum Gasteiger partial charge on any atom is -0.384 e. The fraction of sp³-hybridized carbons (Fsp3) is 0.857. The Morgan fingerprint density at radius 3 is 2.90 bits per heavy atom. The zero-order valence-electron chi connectivity index (χ0n) is 6.44. The van der Waals surface area contributed by atoms with Crippen molar-refractivity contribution in [1.29, 1.82) is 0 Å². The van der Waals surface area contributed by atoms with E-state index in [4.69, 9.17) is 4.74 Å². The molecule has 0 radical (unpaired) electrons. The standard InChI is InChI=1S/C7H13NO2/c1-7(5-10-2)3-4-8-6(7)9/h3-5H2,1-2H3,(H,8,9). The number of ether oxygens (including phenoxy) is 1. The van der Waals surface area contributed by atoms with E-state index in [0.717, 1.165) is 13.0 Å². The first kappa shape index (κ1) is 7.54. The molecule has 0 aromatic carbocycles. The lowest BCUT2D eigenvalue weighted by Gasteiger charge is -2.17. The second-order valence-corrected chi connectivity index (χ2v) is 3.00. The van der Waals surface area contributed by atoms with E-state index in [9.17, 15) is 4.79 Å². The van der Waals surface area contributed by atoms with E-state index in [1.807, 2.05) is 6.92 Å². The van der Waals surface area contributed by atoms with Crippen molar-refractivity contribution in [3.05, 3.63) is 0 Å². The van der Waals surface area contributed by atoms with Gasteiger partial charge < -0.3 is 10.1 Å². The Labute approximate surface area is 60.7 Å².